The molecule has 2 aliphatic rings. The lowest BCUT2D eigenvalue weighted by atomic mass is 10.0. The molecule has 0 saturated heterocycles. The van der Waals surface area contributed by atoms with Gasteiger partial charge in [-0.1, -0.05) is 12.2 Å². The van der Waals surface area contributed by atoms with Crippen LogP contribution in [0.15, 0.2) is 12.2 Å². The number of aliphatic hydroxyl groups excluding tert-OH is 1. The Morgan fingerprint density at radius 3 is 3.00 bits per heavy atom. The maximum atomic E-state index is 9.20. The van der Waals surface area contributed by atoms with Crippen LogP contribution in [0.1, 0.15) is 19.3 Å². The van der Waals surface area contributed by atoms with Gasteiger partial charge in [0.2, 0.25) is 0 Å². The van der Waals surface area contributed by atoms with Gasteiger partial charge in [0.05, 0.1) is 6.10 Å². The third kappa shape index (κ3) is 0.799. The molecule has 1 heteroatoms. The molecule has 0 spiro atoms. The van der Waals surface area contributed by atoms with Crippen LogP contribution in [0.3, 0.4) is 0 Å². The Morgan fingerprint density at radius 1 is 1.33 bits per heavy atom. The van der Waals surface area contributed by atoms with Crippen LogP contribution < -0.4 is 0 Å². The highest BCUT2D eigenvalue weighted by Crippen LogP contribution is 2.39. The molecular formula is C8H12O. The fourth-order valence-electron chi connectivity index (χ4n) is 2.06. The molecule has 0 bridgehead atoms. The summed E-state index contributed by atoms with van der Waals surface area (Å²) in [6.07, 6.45) is 7.78. The van der Waals surface area contributed by atoms with Gasteiger partial charge in [-0.15, -0.1) is 0 Å². The normalized spacial score (nSPS) is 47.9. The summed E-state index contributed by atoms with van der Waals surface area (Å²) < 4.78 is 0. The van der Waals surface area contributed by atoms with Gasteiger partial charge in [0.1, 0.15) is 0 Å². The Kier molecular flexibility index (Phi) is 1.12. The molecule has 0 aromatic carbocycles. The van der Waals surface area contributed by atoms with Crippen LogP contribution in [-0.4, -0.2) is 11.2 Å². The fourth-order valence-corrected chi connectivity index (χ4v) is 2.06. The third-order valence-corrected chi connectivity index (χ3v) is 2.55. The highest BCUT2D eigenvalue weighted by atomic mass is 16.3. The SMILES string of the molecule is O[C@@H]1C[C@@H]2CC=C[C@@H]2C1. The summed E-state index contributed by atoms with van der Waals surface area (Å²) in [4.78, 5) is 0. The van der Waals surface area contributed by atoms with Crippen LogP contribution in [0.4, 0.5) is 0 Å². The van der Waals surface area contributed by atoms with Gasteiger partial charge in [-0.05, 0) is 31.1 Å². The maximum Gasteiger partial charge on any atom is 0.0549 e. The zero-order valence-electron chi connectivity index (χ0n) is 5.46. The minimum absolute atomic E-state index is 0.00458. The molecular weight excluding hydrogens is 112 g/mol. The van der Waals surface area contributed by atoms with E-state index in [2.05, 4.69) is 12.2 Å². The molecule has 0 radical (unpaired) electrons. The average molecular weight is 124 g/mol. The summed E-state index contributed by atoms with van der Waals surface area (Å²) in [5.41, 5.74) is 0. The quantitative estimate of drug-likeness (QED) is 0.483. The van der Waals surface area contributed by atoms with Gasteiger partial charge < -0.3 is 5.11 Å². The molecule has 50 valence electrons. The second kappa shape index (κ2) is 1.84. The lowest BCUT2D eigenvalue weighted by molar-refractivity contribution is 0.176. The first-order valence-electron chi connectivity index (χ1n) is 3.71. The topological polar surface area (TPSA) is 20.2 Å². The first-order valence-corrected chi connectivity index (χ1v) is 3.71. The van der Waals surface area contributed by atoms with Crippen LogP contribution >= 0.6 is 0 Å². The van der Waals surface area contributed by atoms with E-state index >= 15 is 0 Å². The largest absolute Gasteiger partial charge is 0.393 e. The van der Waals surface area contributed by atoms with Crippen molar-refractivity contribution in [2.24, 2.45) is 11.8 Å². The van der Waals surface area contributed by atoms with Gasteiger partial charge in [-0.2, -0.15) is 0 Å². The van der Waals surface area contributed by atoms with Crippen molar-refractivity contribution < 1.29 is 5.11 Å². The van der Waals surface area contributed by atoms with Crippen LogP contribution in [0.2, 0.25) is 0 Å². The van der Waals surface area contributed by atoms with Crippen molar-refractivity contribution in [3.05, 3.63) is 12.2 Å². The second-order valence-corrected chi connectivity index (χ2v) is 3.21. The number of hydrogen-bond donors (Lipinski definition) is 1. The van der Waals surface area contributed by atoms with Crippen molar-refractivity contribution in [1.29, 1.82) is 0 Å². The first kappa shape index (κ1) is 5.48. The Bertz CT molecular complexity index is 140. The molecule has 0 aromatic heterocycles. The predicted molar refractivity (Wildman–Crippen MR) is 36.0 cm³/mol. The highest BCUT2D eigenvalue weighted by molar-refractivity contribution is 5.05. The van der Waals surface area contributed by atoms with E-state index in [1.165, 1.54) is 6.42 Å². The van der Waals surface area contributed by atoms with E-state index in [-0.39, 0.29) is 6.10 Å². The summed E-state index contributed by atoms with van der Waals surface area (Å²) in [5.74, 6) is 1.51. The van der Waals surface area contributed by atoms with Crippen LogP contribution in [-0.2, 0) is 0 Å². The first-order chi connectivity index (χ1) is 4.36. The Labute approximate surface area is 55.4 Å². The number of allylic oxidation sites excluding steroid dienone is 2. The van der Waals surface area contributed by atoms with E-state index in [0.29, 0.717) is 0 Å². The van der Waals surface area contributed by atoms with Gasteiger partial charge in [-0.25, -0.2) is 0 Å². The van der Waals surface area contributed by atoms with Crippen LogP contribution in [0, 0.1) is 11.8 Å². The third-order valence-electron chi connectivity index (χ3n) is 2.55. The lowest BCUT2D eigenvalue weighted by Gasteiger charge is -2.04. The molecule has 0 aromatic rings. The monoisotopic (exact) mass is 124 g/mol. The summed E-state index contributed by atoms with van der Waals surface area (Å²) in [6, 6.07) is 0. The summed E-state index contributed by atoms with van der Waals surface area (Å²) in [5, 5.41) is 9.20. The van der Waals surface area contributed by atoms with E-state index in [0.717, 1.165) is 24.7 Å². The minimum atomic E-state index is 0.00458. The number of rotatable bonds is 0. The Balaban J connectivity index is 2.08. The van der Waals surface area contributed by atoms with E-state index in [9.17, 15) is 5.11 Å². The van der Waals surface area contributed by atoms with Crippen molar-refractivity contribution >= 4 is 0 Å². The van der Waals surface area contributed by atoms with Crippen molar-refractivity contribution in [2.75, 3.05) is 0 Å². The molecule has 2 aliphatic carbocycles. The zero-order chi connectivity index (χ0) is 6.27. The Hall–Kier alpha value is -0.300. The number of hydrogen-bond acceptors (Lipinski definition) is 1. The molecule has 1 nitrogen and oxygen atoms in total. The molecule has 0 amide bonds. The highest BCUT2D eigenvalue weighted by Gasteiger charge is 2.32. The van der Waals surface area contributed by atoms with Crippen molar-refractivity contribution in [1.82, 2.24) is 0 Å². The zero-order valence-corrected chi connectivity index (χ0v) is 5.46. The molecule has 3 atom stereocenters. The summed E-state index contributed by atoms with van der Waals surface area (Å²) >= 11 is 0. The molecule has 1 saturated carbocycles. The van der Waals surface area contributed by atoms with Gasteiger partial charge in [0, 0.05) is 0 Å². The van der Waals surface area contributed by atoms with Gasteiger partial charge in [-0.3, -0.25) is 0 Å². The van der Waals surface area contributed by atoms with Crippen molar-refractivity contribution in [2.45, 2.75) is 25.4 Å². The number of fused-ring (bicyclic) bond motifs is 1. The number of aliphatic hydroxyl groups is 1. The second-order valence-electron chi connectivity index (χ2n) is 3.21. The molecule has 1 fully saturated rings. The smallest absolute Gasteiger partial charge is 0.0549 e. The van der Waals surface area contributed by atoms with Gasteiger partial charge in [0.15, 0.2) is 0 Å². The Morgan fingerprint density at radius 2 is 2.22 bits per heavy atom. The van der Waals surface area contributed by atoms with Crippen LogP contribution in [0.5, 0.6) is 0 Å². The molecule has 0 aliphatic heterocycles. The summed E-state index contributed by atoms with van der Waals surface area (Å²) in [6.45, 7) is 0. The minimum Gasteiger partial charge on any atom is -0.393 e. The van der Waals surface area contributed by atoms with E-state index in [1.54, 1.807) is 0 Å². The lowest BCUT2D eigenvalue weighted by Crippen LogP contribution is -1.98. The average Bonchev–Trinajstić information content (AvgIpc) is 2.22. The van der Waals surface area contributed by atoms with Crippen molar-refractivity contribution in [3.63, 3.8) is 0 Å². The molecule has 0 unspecified atom stereocenters. The fraction of sp³-hybridized carbons (Fsp3) is 0.750. The van der Waals surface area contributed by atoms with E-state index in [1.807, 2.05) is 0 Å². The maximum absolute atomic E-state index is 9.20. The van der Waals surface area contributed by atoms with E-state index in [4.69, 9.17) is 0 Å². The molecule has 0 heterocycles. The van der Waals surface area contributed by atoms with Crippen molar-refractivity contribution in [3.8, 4) is 0 Å². The van der Waals surface area contributed by atoms with Gasteiger partial charge in [0.25, 0.3) is 0 Å². The molecule has 2 rings (SSSR count). The predicted octanol–water partition coefficient (Wildman–Crippen LogP) is 1.33. The van der Waals surface area contributed by atoms with Crippen LogP contribution in [0.25, 0.3) is 0 Å². The summed E-state index contributed by atoms with van der Waals surface area (Å²) in [7, 11) is 0. The molecule has 1 N–H and O–H groups in total. The van der Waals surface area contributed by atoms with Gasteiger partial charge >= 0.3 is 0 Å². The standard InChI is InChI=1S/C8H12O/c9-8-4-6-2-1-3-7(6)5-8/h1-2,6-9H,3-5H2/t6-,7+,8+/m1/s1. The molecule has 9 heavy (non-hydrogen) atoms. The van der Waals surface area contributed by atoms with E-state index < -0.39 is 0 Å².